The Hall–Kier alpha value is -3.39. The van der Waals surface area contributed by atoms with Crippen LogP contribution in [0.4, 0.5) is 0 Å². The number of benzene rings is 1. The molecule has 1 aromatic heterocycles. The third kappa shape index (κ3) is 8.09. The van der Waals surface area contributed by atoms with E-state index in [0.717, 1.165) is 38.2 Å². The first kappa shape index (κ1) is 32.1. The molecule has 1 saturated heterocycles. The van der Waals surface area contributed by atoms with Gasteiger partial charge in [-0.2, -0.15) is 0 Å². The van der Waals surface area contributed by atoms with E-state index in [1.165, 1.54) is 11.1 Å². The lowest BCUT2D eigenvalue weighted by atomic mass is 9.83. The maximum atomic E-state index is 12.7. The lowest BCUT2D eigenvalue weighted by Crippen LogP contribution is -2.46. The van der Waals surface area contributed by atoms with Crippen LogP contribution in [-0.2, 0) is 35.9 Å². The molecule has 224 valence electrons. The number of hydrogen-bond acceptors (Lipinski definition) is 9. The number of nitrogens with zero attached hydrogens (tertiary/aromatic N) is 3. The van der Waals surface area contributed by atoms with Gasteiger partial charge in [-0.15, -0.1) is 11.3 Å². The second-order valence-corrected chi connectivity index (χ2v) is 11.5. The highest BCUT2D eigenvalue weighted by molar-refractivity contribution is 7.07. The van der Waals surface area contributed by atoms with Crippen LogP contribution in [0.2, 0.25) is 0 Å². The minimum absolute atomic E-state index is 0.0538. The Morgan fingerprint density at radius 2 is 1.73 bits per heavy atom. The second-order valence-electron chi connectivity index (χ2n) is 10.7. The number of rotatable bonds is 10. The number of piperidine rings is 1. The lowest BCUT2D eigenvalue weighted by Gasteiger charge is -2.40. The van der Waals surface area contributed by atoms with Crippen LogP contribution >= 0.6 is 11.3 Å². The Balaban J connectivity index is 0.000000302. The van der Waals surface area contributed by atoms with Gasteiger partial charge in [-0.25, -0.2) is 9.78 Å². The SMILES string of the molecule is CC1OC2(CCN(CC(Cc3cscn3)C(=O)N(C)C)CC2)c2ccccc21.O=C(O)CC(O)(CC(=O)O)C(=O)O. The van der Waals surface area contributed by atoms with Crippen molar-refractivity contribution in [3.63, 3.8) is 0 Å². The molecule has 2 unspecified atom stereocenters. The van der Waals surface area contributed by atoms with Gasteiger partial charge in [0.1, 0.15) is 0 Å². The third-order valence-electron chi connectivity index (χ3n) is 7.45. The largest absolute Gasteiger partial charge is 0.481 e. The van der Waals surface area contributed by atoms with Gasteiger partial charge in [0, 0.05) is 45.5 Å². The number of aromatic nitrogens is 1. The summed E-state index contributed by atoms with van der Waals surface area (Å²) in [5.74, 6) is -4.89. The summed E-state index contributed by atoms with van der Waals surface area (Å²) in [6, 6.07) is 8.65. The molecule has 0 aliphatic carbocycles. The van der Waals surface area contributed by atoms with Gasteiger partial charge in [-0.3, -0.25) is 14.4 Å². The van der Waals surface area contributed by atoms with Crippen molar-refractivity contribution in [3.8, 4) is 0 Å². The Labute approximate surface area is 242 Å². The van der Waals surface area contributed by atoms with Crippen LogP contribution in [0.15, 0.2) is 35.2 Å². The number of hydrogen-bond donors (Lipinski definition) is 4. The standard InChI is InChI=1S/C22H29N3O2S.C6H8O7/c1-16-19-6-4-5-7-20(19)22(27-16)8-10-25(11-9-22)13-17(21(26)24(2)3)12-18-14-28-15-23-18;7-3(8)1-6(13,5(11)12)2-4(9)10/h4-7,14-17H,8-13H2,1-3H3;13H,1-2H2,(H,7,8)(H,9,10)(H,11,12). The normalized spacial score (nSPS) is 18.6. The fraction of sp³-hybridized carbons (Fsp3) is 0.536. The van der Waals surface area contributed by atoms with Crippen LogP contribution in [0.25, 0.3) is 0 Å². The molecule has 2 atom stereocenters. The Kier molecular flexibility index (Phi) is 10.6. The third-order valence-corrected chi connectivity index (χ3v) is 8.08. The predicted octanol–water partition coefficient (Wildman–Crippen LogP) is 2.22. The van der Waals surface area contributed by atoms with Gasteiger partial charge >= 0.3 is 17.9 Å². The van der Waals surface area contributed by atoms with Crippen LogP contribution in [0.5, 0.6) is 0 Å². The first-order valence-electron chi connectivity index (χ1n) is 13.2. The highest BCUT2D eigenvalue weighted by Crippen LogP contribution is 2.49. The summed E-state index contributed by atoms with van der Waals surface area (Å²) in [5, 5.41) is 35.9. The summed E-state index contributed by atoms with van der Waals surface area (Å²) in [6.07, 6.45) is 0.541. The maximum absolute atomic E-state index is 12.7. The number of amides is 1. The van der Waals surface area contributed by atoms with Crippen molar-refractivity contribution in [2.45, 2.75) is 56.3 Å². The van der Waals surface area contributed by atoms with E-state index >= 15 is 0 Å². The van der Waals surface area contributed by atoms with Crippen molar-refractivity contribution < 1.29 is 44.3 Å². The van der Waals surface area contributed by atoms with Crippen LogP contribution in [0.3, 0.4) is 0 Å². The van der Waals surface area contributed by atoms with Crippen molar-refractivity contribution in [2.24, 2.45) is 5.92 Å². The van der Waals surface area contributed by atoms with E-state index in [-0.39, 0.29) is 23.5 Å². The monoisotopic (exact) mass is 591 g/mol. The Bertz CT molecular complexity index is 1210. The predicted molar refractivity (Wildman–Crippen MR) is 148 cm³/mol. The Morgan fingerprint density at radius 1 is 1.12 bits per heavy atom. The number of aliphatic carboxylic acids is 3. The number of aliphatic hydroxyl groups is 1. The molecule has 2 aromatic rings. The van der Waals surface area contributed by atoms with Crippen molar-refractivity contribution in [2.75, 3.05) is 33.7 Å². The van der Waals surface area contributed by atoms with Gasteiger partial charge in [0.05, 0.1) is 41.7 Å². The van der Waals surface area contributed by atoms with E-state index in [1.54, 1.807) is 16.2 Å². The van der Waals surface area contributed by atoms with E-state index in [2.05, 4.69) is 41.1 Å². The number of carbonyl (C=O) groups is 4. The second kappa shape index (κ2) is 13.5. The van der Waals surface area contributed by atoms with Gasteiger partial charge in [0.2, 0.25) is 5.91 Å². The molecule has 13 heteroatoms. The molecule has 1 fully saturated rings. The number of ether oxygens (including phenoxy) is 1. The molecular formula is C28H37N3O9S. The van der Waals surface area contributed by atoms with Gasteiger partial charge in [0.25, 0.3) is 0 Å². The fourth-order valence-corrected chi connectivity index (χ4v) is 6.00. The minimum atomic E-state index is -2.74. The van der Waals surface area contributed by atoms with Crippen LogP contribution in [0.1, 0.15) is 55.5 Å². The molecule has 12 nitrogen and oxygen atoms in total. The zero-order chi connectivity index (χ0) is 30.4. The average Bonchev–Trinajstić information content (AvgIpc) is 3.50. The van der Waals surface area contributed by atoms with Crippen molar-refractivity contribution in [1.82, 2.24) is 14.8 Å². The van der Waals surface area contributed by atoms with Crippen molar-refractivity contribution in [3.05, 3.63) is 52.0 Å². The van der Waals surface area contributed by atoms with Crippen LogP contribution in [-0.4, -0.2) is 98.4 Å². The number of carbonyl (C=O) groups excluding carboxylic acids is 1. The highest BCUT2D eigenvalue weighted by Gasteiger charge is 2.45. The molecular weight excluding hydrogens is 554 g/mol. The summed E-state index contributed by atoms with van der Waals surface area (Å²) >= 11 is 1.59. The summed E-state index contributed by atoms with van der Waals surface area (Å²) in [4.78, 5) is 51.8. The van der Waals surface area contributed by atoms with E-state index in [1.807, 2.05) is 25.0 Å². The average molecular weight is 592 g/mol. The molecule has 2 aliphatic rings. The lowest BCUT2D eigenvalue weighted by molar-refractivity contribution is -0.170. The molecule has 0 saturated carbocycles. The van der Waals surface area contributed by atoms with Crippen LogP contribution < -0.4 is 0 Å². The summed E-state index contributed by atoms with van der Waals surface area (Å²) < 4.78 is 6.47. The first-order chi connectivity index (χ1) is 19.3. The fourth-order valence-electron chi connectivity index (χ4n) is 5.43. The zero-order valence-electron chi connectivity index (χ0n) is 23.4. The summed E-state index contributed by atoms with van der Waals surface area (Å²) in [5.41, 5.74) is 2.67. The van der Waals surface area contributed by atoms with E-state index in [9.17, 15) is 19.2 Å². The van der Waals surface area contributed by atoms with E-state index in [4.69, 9.17) is 25.2 Å². The van der Waals surface area contributed by atoms with Gasteiger partial charge in [-0.1, -0.05) is 24.3 Å². The topological polar surface area (TPSA) is 178 Å². The highest BCUT2D eigenvalue weighted by atomic mass is 32.1. The molecule has 4 N–H and O–H groups in total. The minimum Gasteiger partial charge on any atom is -0.481 e. The zero-order valence-corrected chi connectivity index (χ0v) is 24.2. The molecule has 2 aliphatic heterocycles. The summed E-state index contributed by atoms with van der Waals surface area (Å²) in [6.45, 7) is 4.84. The van der Waals surface area contributed by atoms with E-state index in [0.29, 0.717) is 6.42 Å². The molecule has 1 amide bonds. The summed E-state index contributed by atoms with van der Waals surface area (Å²) in [7, 11) is 3.68. The smallest absolute Gasteiger partial charge is 0.336 e. The quantitative estimate of drug-likeness (QED) is 0.318. The molecule has 0 radical (unpaired) electrons. The number of carboxylic acid groups (broad SMARTS) is 3. The molecule has 1 aromatic carbocycles. The molecule has 41 heavy (non-hydrogen) atoms. The number of thiazole rings is 1. The number of likely N-dealkylation sites (tertiary alicyclic amines) is 1. The van der Waals surface area contributed by atoms with Crippen molar-refractivity contribution in [1.29, 1.82) is 0 Å². The molecule has 4 rings (SSSR count). The molecule has 1 spiro atoms. The van der Waals surface area contributed by atoms with Crippen LogP contribution in [0, 0.1) is 5.92 Å². The van der Waals surface area contributed by atoms with Gasteiger partial charge < -0.3 is 35.0 Å². The molecule has 0 bridgehead atoms. The number of carboxylic acids is 3. The number of fused-ring (bicyclic) bond motifs is 2. The Morgan fingerprint density at radius 3 is 2.24 bits per heavy atom. The van der Waals surface area contributed by atoms with Crippen molar-refractivity contribution >= 4 is 35.2 Å². The maximum Gasteiger partial charge on any atom is 0.336 e. The van der Waals surface area contributed by atoms with E-state index < -0.39 is 36.4 Å². The molecule has 3 heterocycles. The van der Waals surface area contributed by atoms with Gasteiger partial charge in [-0.05, 0) is 30.9 Å². The first-order valence-corrected chi connectivity index (χ1v) is 14.2. The van der Waals surface area contributed by atoms with Gasteiger partial charge in [0.15, 0.2) is 5.60 Å².